The molecule has 0 radical (unpaired) electrons. The number of carboxylic acid groups (broad SMARTS) is 1. The summed E-state index contributed by atoms with van der Waals surface area (Å²) in [5, 5.41) is 12.9. The van der Waals surface area contributed by atoms with E-state index in [1.54, 1.807) is 31.0 Å². The number of hydrogen-bond acceptors (Lipinski definition) is 3. The van der Waals surface area contributed by atoms with Gasteiger partial charge in [-0.05, 0) is 19.1 Å². The zero-order valence-corrected chi connectivity index (χ0v) is 9.01. The summed E-state index contributed by atoms with van der Waals surface area (Å²) in [6, 6.07) is 3.69. The highest BCUT2D eigenvalue weighted by Gasteiger charge is 2.18. The first-order valence-corrected chi connectivity index (χ1v) is 4.78. The van der Waals surface area contributed by atoms with E-state index in [2.05, 4.69) is 10.1 Å². The van der Waals surface area contributed by atoms with Crippen LogP contribution in [0.4, 0.5) is 0 Å². The molecule has 2 rings (SSSR count). The monoisotopic (exact) mass is 217 g/mol. The van der Waals surface area contributed by atoms with Gasteiger partial charge >= 0.3 is 5.97 Å². The van der Waals surface area contributed by atoms with Gasteiger partial charge < -0.3 is 5.11 Å². The van der Waals surface area contributed by atoms with Crippen LogP contribution in [0.15, 0.2) is 24.5 Å². The maximum atomic E-state index is 10.9. The lowest BCUT2D eigenvalue weighted by atomic mass is 10.1. The number of carbonyl (C=O) groups is 1. The van der Waals surface area contributed by atoms with Crippen molar-refractivity contribution < 1.29 is 9.90 Å². The van der Waals surface area contributed by atoms with E-state index in [0.717, 1.165) is 11.3 Å². The van der Waals surface area contributed by atoms with Crippen molar-refractivity contribution >= 4 is 5.97 Å². The van der Waals surface area contributed by atoms with Crippen LogP contribution in [-0.2, 0) is 7.05 Å². The molecule has 1 N–H and O–H groups in total. The Morgan fingerprint density at radius 1 is 1.50 bits per heavy atom. The first-order valence-electron chi connectivity index (χ1n) is 4.78. The number of rotatable bonds is 2. The number of pyridine rings is 1. The minimum absolute atomic E-state index is 0.0846. The first-order chi connectivity index (χ1) is 7.61. The number of carboxylic acids is 1. The Labute approximate surface area is 92.4 Å². The maximum Gasteiger partial charge on any atom is 0.356 e. The molecule has 0 bridgehead atoms. The Kier molecular flexibility index (Phi) is 2.44. The number of hydrogen-bond donors (Lipinski definition) is 1. The Balaban J connectivity index is 2.63. The highest BCUT2D eigenvalue weighted by molar-refractivity contribution is 5.89. The second-order valence-corrected chi connectivity index (χ2v) is 3.49. The van der Waals surface area contributed by atoms with E-state index in [1.807, 2.05) is 12.1 Å². The van der Waals surface area contributed by atoms with E-state index < -0.39 is 5.97 Å². The van der Waals surface area contributed by atoms with Gasteiger partial charge in [0.05, 0.1) is 5.69 Å². The number of aromatic nitrogens is 3. The van der Waals surface area contributed by atoms with Crippen molar-refractivity contribution in [1.29, 1.82) is 0 Å². The van der Waals surface area contributed by atoms with Crippen molar-refractivity contribution in [3.05, 3.63) is 35.8 Å². The second kappa shape index (κ2) is 3.77. The summed E-state index contributed by atoms with van der Waals surface area (Å²) in [4.78, 5) is 14.9. The molecular weight excluding hydrogens is 206 g/mol. The smallest absolute Gasteiger partial charge is 0.356 e. The largest absolute Gasteiger partial charge is 0.476 e. The molecule has 2 aromatic heterocycles. The lowest BCUT2D eigenvalue weighted by Crippen LogP contribution is -2.00. The summed E-state index contributed by atoms with van der Waals surface area (Å²) in [7, 11) is 1.72. The van der Waals surface area contributed by atoms with E-state index in [-0.39, 0.29) is 5.69 Å². The van der Waals surface area contributed by atoms with Crippen LogP contribution in [0.25, 0.3) is 11.3 Å². The standard InChI is InChI=1S/C11H11N3O2/c1-7-9(11(15)16)13-14(2)10(7)8-4-3-5-12-6-8/h3-6H,1-2H3,(H,15,16). The predicted octanol–water partition coefficient (Wildman–Crippen LogP) is 1.49. The van der Waals surface area contributed by atoms with Crippen LogP contribution in [0.1, 0.15) is 16.1 Å². The number of aryl methyl sites for hydroxylation is 1. The van der Waals surface area contributed by atoms with E-state index in [0.29, 0.717) is 5.56 Å². The molecule has 0 saturated heterocycles. The van der Waals surface area contributed by atoms with Crippen LogP contribution < -0.4 is 0 Å². The molecule has 0 aliphatic rings. The summed E-state index contributed by atoms with van der Waals surface area (Å²) in [6.07, 6.45) is 3.36. The second-order valence-electron chi connectivity index (χ2n) is 3.49. The Hall–Kier alpha value is -2.17. The fraction of sp³-hybridized carbons (Fsp3) is 0.182. The number of aromatic carboxylic acids is 1. The average molecular weight is 217 g/mol. The van der Waals surface area contributed by atoms with Gasteiger partial charge in [0.1, 0.15) is 0 Å². The molecule has 0 unspecified atom stereocenters. The quantitative estimate of drug-likeness (QED) is 0.827. The number of nitrogens with zero attached hydrogens (tertiary/aromatic N) is 3. The minimum Gasteiger partial charge on any atom is -0.476 e. The van der Waals surface area contributed by atoms with Crippen molar-refractivity contribution in [2.45, 2.75) is 6.92 Å². The molecule has 0 aromatic carbocycles. The fourth-order valence-corrected chi connectivity index (χ4v) is 1.74. The molecule has 2 heterocycles. The van der Waals surface area contributed by atoms with Crippen LogP contribution in [-0.4, -0.2) is 25.8 Å². The van der Waals surface area contributed by atoms with Crippen LogP contribution in [0.2, 0.25) is 0 Å². The van der Waals surface area contributed by atoms with Crippen molar-refractivity contribution in [3.8, 4) is 11.3 Å². The van der Waals surface area contributed by atoms with Crippen LogP contribution in [0.3, 0.4) is 0 Å². The van der Waals surface area contributed by atoms with Crippen LogP contribution in [0, 0.1) is 6.92 Å². The lowest BCUT2D eigenvalue weighted by molar-refractivity contribution is 0.0689. The highest BCUT2D eigenvalue weighted by atomic mass is 16.4. The zero-order chi connectivity index (χ0) is 11.7. The van der Waals surface area contributed by atoms with Gasteiger partial charge in [-0.2, -0.15) is 5.10 Å². The van der Waals surface area contributed by atoms with Crippen LogP contribution >= 0.6 is 0 Å². The summed E-state index contributed by atoms with van der Waals surface area (Å²) in [6.45, 7) is 1.75. The third-order valence-corrected chi connectivity index (χ3v) is 2.42. The molecule has 0 fully saturated rings. The summed E-state index contributed by atoms with van der Waals surface area (Å²) < 4.78 is 1.57. The molecular formula is C11H11N3O2. The normalized spacial score (nSPS) is 10.4. The van der Waals surface area contributed by atoms with E-state index >= 15 is 0 Å². The Morgan fingerprint density at radius 3 is 2.75 bits per heavy atom. The van der Waals surface area contributed by atoms with Crippen LogP contribution in [0.5, 0.6) is 0 Å². The summed E-state index contributed by atoms with van der Waals surface area (Å²) >= 11 is 0. The van der Waals surface area contributed by atoms with Gasteiger partial charge in [0, 0.05) is 30.6 Å². The fourth-order valence-electron chi connectivity index (χ4n) is 1.74. The van der Waals surface area contributed by atoms with Crippen molar-refractivity contribution in [1.82, 2.24) is 14.8 Å². The van der Waals surface area contributed by atoms with Gasteiger partial charge in [0.2, 0.25) is 0 Å². The van der Waals surface area contributed by atoms with Gasteiger partial charge in [0.25, 0.3) is 0 Å². The Morgan fingerprint density at radius 2 is 2.25 bits per heavy atom. The molecule has 0 atom stereocenters. The maximum absolute atomic E-state index is 10.9. The molecule has 82 valence electrons. The lowest BCUT2D eigenvalue weighted by Gasteiger charge is -2.02. The molecule has 5 heteroatoms. The minimum atomic E-state index is -1.01. The molecule has 0 saturated carbocycles. The molecule has 16 heavy (non-hydrogen) atoms. The molecule has 0 amide bonds. The molecule has 5 nitrogen and oxygen atoms in total. The highest BCUT2D eigenvalue weighted by Crippen LogP contribution is 2.24. The summed E-state index contributed by atoms with van der Waals surface area (Å²) in [5.74, 6) is -1.01. The third kappa shape index (κ3) is 1.56. The van der Waals surface area contributed by atoms with E-state index in [1.165, 1.54) is 0 Å². The topological polar surface area (TPSA) is 68.0 Å². The molecule has 0 spiro atoms. The van der Waals surface area contributed by atoms with Gasteiger partial charge in [-0.15, -0.1) is 0 Å². The SMILES string of the molecule is Cc1c(C(=O)O)nn(C)c1-c1cccnc1. The van der Waals surface area contributed by atoms with Gasteiger partial charge in [0.15, 0.2) is 5.69 Å². The molecule has 2 aromatic rings. The average Bonchev–Trinajstić information content (AvgIpc) is 2.56. The van der Waals surface area contributed by atoms with Crippen molar-refractivity contribution in [2.24, 2.45) is 7.05 Å². The van der Waals surface area contributed by atoms with Crippen molar-refractivity contribution in [3.63, 3.8) is 0 Å². The van der Waals surface area contributed by atoms with E-state index in [4.69, 9.17) is 5.11 Å². The van der Waals surface area contributed by atoms with E-state index in [9.17, 15) is 4.79 Å². The zero-order valence-electron chi connectivity index (χ0n) is 9.01. The summed E-state index contributed by atoms with van der Waals surface area (Å²) in [5.41, 5.74) is 2.39. The molecule has 0 aliphatic heterocycles. The van der Waals surface area contributed by atoms with Gasteiger partial charge in [-0.3, -0.25) is 9.67 Å². The van der Waals surface area contributed by atoms with Crippen molar-refractivity contribution in [2.75, 3.05) is 0 Å². The van der Waals surface area contributed by atoms with Gasteiger partial charge in [-0.25, -0.2) is 4.79 Å². The Bertz CT molecular complexity index is 532. The predicted molar refractivity (Wildman–Crippen MR) is 58.1 cm³/mol. The third-order valence-electron chi connectivity index (χ3n) is 2.42. The first kappa shape index (κ1) is 10.4. The molecule has 0 aliphatic carbocycles. The van der Waals surface area contributed by atoms with Gasteiger partial charge in [-0.1, -0.05) is 0 Å².